The van der Waals surface area contributed by atoms with E-state index in [4.69, 9.17) is 14.4 Å². The molecular weight excluding hydrogens is 601 g/mol. The molecule has 0 unspecified atom stereocenters. The predicted octanol–water partition coefficient (Wildman–Crippen LogP) is 11.2. The van der Waals surface area contributed by atoms with Crippen LogP contribution in [0.1, 0.15) is 0 Å². The standard InChI is InChI=1S/C44H26N4O/c1-3-15-32-30(13-1)40(29-23-37(27-11-9-21-45-25-27)47-38(24-29)28-12-10-22-46-26-28)31-14-2-4-16-33(31)41(32)44-42-34-17-5-7-19-36(34)48-43(42)35-18-6-8-20-39(35)49-44/h1-26H. The van der Waals surface area contributed by atoms with Gasteiger partial charge in [-0.15, -0.1) is 0 Å². The Morgan fingerprint density at radius 3 is 1.53 bits per heavy atom. The zero-order valence-corrected chi connectivity index (χ0v) is 26.2. The molecule has 0 bridgehead atoms. The Bertz CT molecular complexity index is 2710. The van der Waals surface area contributed by atoms with Crippen molar-refractivity contribution < 1.29 is 4.42 Å². The molecule has 0 saturated heterocycles. The molecule has 0 fully saturated rings. The molecule has 5 aromatic carbocycles. The van der Waals surface area contributed by atoms with E-state index in [1.807, 2.05) is 48.8 Å². The zero-order chi connectivity index (χ0) is 32.3. The first-order chi connectivity index (χ1) is 24.3. The summed E-state index contributed by atoms with van der Waals surface area (Å²) in [6.07, 6.45) is 7.30. The van der Waals surface area contributed by atoms with Crippen molar-refractivity contribution in [3.8, 4) is 56.2 Å². The monoisotopic (exact) mass is 626 g/mol. The predicted molar refractivity (Wildman–Crippen MR) is 198 cm³/mol. The third kappa shape index (κ3) is 4.33. The third-order valence-corrected chi connectivity index (χ3v) is 9.41. The molecule has 0 N–H and O–H groups in total. The molecular formula is C44H26N4O. The van der Waals surface area contributed by atoms with E-state index in [1.54, 1.807) is 12.4 Å². The van der Waals surface area contributed by atoms with E-state index in [1.165, 1.54) is 0 Å². The van der Waals surface area contributed by atoms with Gasteiger partial charge in [0.1, 0.15) is 11.3 Å². The molecule has 0 spiro atoms. The van der Waals surface area contributed by atoms with Crippen molar-refractivity contribution in [2.75, 3.05) is 0 Å². The molecule has 0 amide bonds. The molecule has 3 aromatic heterocycles. The number of hydrogen-bond acceptors (Lipinski definition) is 5. The van der Waals surface area contributed by atoms with Crippen LogP contribution < -0.4 is 0 Å². The number of hydrogen-bond donors (Lipinski definition) is 0. The highest BCUT2D eigenvalue weighted by molar-refractivity contribution is 6.24. The summed E-state index contributed by atoms with van der Waals surface area (Å²) >= 11 is 0. The fourth-order valence-electron chi connectivity index (χ4n) is 7.28. The van der Waals surface area contributed by atoms with Crippen LogP contribution in [-0.4, -0.2) is 19.9 Å². The minimum absolute atomic E-state index is 0.807. The first-order valence-electron chi connectivity index (χ1n) is 16.3. The molecule has 2 aliphatic heterocycles. The summed E-state index contributed by atoms with van der Waals surface area (Å²) in [7, 11) is 0. The fraction of sp³-hybridized carbons (Fsp3) is 0. The number of para-hydroxylation sites is 2. The van der Waals surface area contributed by atoms with Gasteiger partial charge in [0.2, 0.25) is 0 Å². The fourth-order valence-corrected chi connectivity index (χ4v) is 7.28. The summed E-state index contributed by atoms with van der Waals surface area (Å²) in [5.74, 6) is 0.822. The van der Waals surface area contributed by atoms with Crippen LogP contribution in [0, 0.1) is 0 Å². The average Bonchev–Trinajstić information content (AvgIpc) is 3.57. The average molecular weight is 627 g/mol. The second-order valence-electron chi connectivity index (χ2n) is 12.2. The van der Waals surface area contributed by atoms with Gasteiger partial charge in [0.25, 0.3) is 0 Å². The highest BCUT2D eigenvalue weighted by Gasteiger charge is 2.27. The maximum absolute atomic E-state index is 6.98. The number of fused-ring (bicyclic) bond motifs is 7. The number of pyridine rings is 3. The molecule has 228 valence electrons. The maximum Gasteiger partial charge on any atom is 0.146 e. The van der Waals surface area contributed by atoms with Gasteiger partial charge in [-0.25, -0.2) is 9.97 Å². The first-order valence-corrected chi connectivity index (χ1v) is 16.3. The number of benzene rings is 5. The second kappa shape index (κ2) is 10.9. The lowest BCUT2D eigenvalue weighted by atomic mass is 9.85. The molecule has 10 rings (SSSR count). The van der Waals surface area contributed by atoms with Gasteiger partial charge >= 0.3 is 0 Å². The van der Waals surface area contributed by atoms with Crippen LogP contribution >= 0.6 is 0 Å². The minimum atomic E-state index is 0.807. The Kier molecular flexibility index (Phi) is 6.11. The van der Waals surface area contributed by atoms with E-state index in [-0.39, 0.29) is 0 Å². The number of rotatable bonds is 4. The molecule has 2 aliphatic rings. The van der Waals surface area contributed by atoms with Crippen molar-refractivity contribution in [2.45, 2.75) is 0 Å². The Labute approximate surface area is 281 Å². The highest BCUT2D eigenvalue weighted by Crippen LogP contribution is 2.50. The van der Waals surface area contributed by atoms with Crippen LogP contribution in [0.25, 0.3) is 99.6 Å². The summed E-state index contributed by atoms with van der Waals surface area (Å²) in [6.45, 7) is 0. The topological polar surface area (TPSA) is 64.7 Å². The van der Waals surface area contributed by atoms with Crippen LogP contribution in [0.3, 0.4) is 0 Å². The second-order valence-corrected chi connectivity index (χ2v) is 12.2. The summed E-state index contributed by atoms with van der Waals surface area (Å²) in [5, 5.41) is 6.53. The third-order valence-electron chi connectivity index (χ3n) is 9.41. The van der Waals surface area contributed by atoms with Crippen LogP contribution in [0.4, 0.5) is 0 Å². The maximum atomic E-state index is 6.98. The lowest BCUT2D eigenvalue weighted by molar-refractivity contribution is 0.623. The van der Waals surface area contributed by atoms with Crippen LogP contribution in [0.2, 0.25) is 0 Å². The SMILES string of the molecule is c1cncc(-c2cc(-c3c4ccccc4c(-c4oc5ccccc5c5nc6ccccc6c4-5)c4ccccc34)cc(-c3cccnc3)n2)c1. The summed E-state index contributed by atoms with van der Waals surface area (Å²) in [4.78, 5) is 19.1. The molecule has 5 nitrogen and oxygen atoms in total. The van der Waals surface area contributed by atoms with Gasteiger partial charge < -0.3 is 4.42 Å². The van der Waals surface area contributed by atoms with E-state index >= 15 is 0 Å². The van der Waals surface area contributed by atoms with Gasteiger partial charge in [-0.05, 0) is 87.3 Å². The molecule has 5 heteroatoms. The molecule has 49 heavy (non-hydrogen) atoms. The van der Waals surface area contributed by atoms with E-state index in [2.05, 4.69) is 107 Å². The molecule has 0 saturated carbocycles. The smallest absolute Gasteiger partial charge is 0.146 e. The molecule has 5 heterocycles. The Balaban J connectivity index is 1.34. The van der Waals surface area contributed by atoms with Crippen LogP contribution in [-0.2, 0) is 0 Å². The normalized spacial score (nSPS) is 11.7. The van der Waals surface area contributed by atoms with Crippen molar-refractivity contribution in [1.29, 1.82) is 0 Å². The van der Waals surface area contributed by atoms with Gasteiger partial charge in [0.15, 0.2) is 0 Å². The largest absolute Gasteiger partial charge is 0.455 e. The van der Waals surface area contributed by atoms with E-state index < -0.39 is 0 Å². The summed E-state index contributed by atoms with van der Waals surface area (Å²) in [5.41, 5.74) is 10.6. The van der Waals surface area contributed by atoms with Crippen molar-refractivity contribution in [2.24, 2.45) is 0 Å². The molecule has 8 aromatic rings. The lowest BCUT2D eigenvalue weighted by Crippen LogP contribution is -1.96. The van der Waals surface area contributed by atoms with E-state index in [0.29, 0.717) is 0 Å². The van der Waals surface area contributed by atoms with Gasteiger partial charge in [-0.2, -0.15) is 0 Å². The quantitative estimate of drug-likeness (QED) is 0.182. The van der Waals surface area contributed by atoms with Crippen LogP contribution in [0.5, 0.6) is 0 Å². The van der Waals surface area contributed by atoms with Crippen molar-refractivity contribution in [1.82, 2.24) is 19.9 Å². The first kappa shape index (κ1) is 27.4. The van der Waals surface area contributed by atoms with Gasteiger partial charge in [0.05, 0.1) is 28.2 Å². The lowest BCUT2D eigenvalue weighted by Gasteiger charge is -2.20. The van der Waals surface area contributed by atoms with E-state index in [0.717, 1.165) is 99.6 Å². The molecule has 0 atom stereocenters. The van der Waals surface area contributed by atoms with Gasteiger partial charge in [-0.3, -0.25) is 9.97 Å². The van der Waals surface area contributed by atoms with Crippen molar-refractivity contribution >= 4 is 43.4 Å². The van der Waals surface area contributed by atoms with Crippen molar-refractivity contribution in [3.05, 3.63) is 158 Å². The molecule has 0 radical (unpaired) electrons. The summed E-state index contributed by atoms with van der Waals surface area (Å²) in [6, 6.07) is 46.2. The summed E-state index contributed by atoms with van der Waals surface area (Å²) < 4.78 is 6.98. The van der Waals surface area contributed by atoms with Crippen LogP contribution in [0.15, 0.2) is 163 Å². The zero-order valence-electron chi connectivity index (χ0n) is 26.2. The Hall–Kier alpha value is -6.72. The van der Waals surface area contributed by atoms with Gasteiger partial charge in [-0.1, -0.05) is 78.9 Å². The van der Waals surface area contributed by atoms with E-state index in [9.17, 15) is 0 Å². The van der Waals surface area contributed by atoms with Crippen molar-refractivity contribution in [3.63, 3.8) is 0 Å². The van der Waals surface area contributed by atoms with Gasteiger partial charge in [0, 0.05) is 52.3 Å². The highest BCUT2D eigenvalue weighted by atomic mass is 16.3. The number of nitrogens with zero attached hydrogens (tertiary/aromatic N) is 4. The molecule has 0 aliphatic carbocycles. The Morgan fingerprint density at radius 2 is 0.939 bits per heavy atom. The number of aromatic nitrogens is 4. The minimum Gasteiger partial charge on any atom is -0.455 e. The Morgan fingerprint density at radius 1 is 0.408 bits per heavy atom.